The van der Waals surface area contributed by atoms with Gasteiger partial charge in [0.05, 0.1) is 11.4 Å². The molecular formula is C20H17N5O. The molecule has 0 saturated carbocycles. The number of nitrogens with two attached hydrogens (primary N) is 1. The predicted octanol–water partition coefficient (Wildman–Crippen LogP) is 3.80. The van der Waals surface area contributed by atoms with Gasteiger partial charge in [0.25, 0.3) is 0 Å². The second kappa shape index (κ2) is 6.33. The lowest BCUT2D eigenvalue weighted by molar-refractivity contribution is 0.476. The van der Waals surface area contributed by atoms with Crippen molar-refractivity contribution in [3.63, 3.8) is 0 Å². The Balaban J connectivity index is 1.94. The van der Waals surface area contributed by atoms with Crippen LogP contribution < -0.4 is 5.73 Å². The van der Waals surface area contributed by atoms with Gasteiger partial charge < -0.3 is 15.8 Å². The Morgan fingerprint density at radius 3 is 2.54 bits per heavy atom. The number of nitrogens with one attached hydrogen (secondary N) is 1. The average molecular weight is 343 g/mol. The molecule has 4 aromatic rings. The molecular weight excluding hydrogens is 326 g/mol. The molecule has 0 radical (unpaired) electrons. The Hall–Kier alpha value is -3.67. The number of benzene rings is 1. The van der Waals surface area contributed by atoms with Crippen molar-refractivity contribution in [2.45, 2.75) is 6.92 Å². The molecule has 3 aromatic heterocycles. The van der Waals surface area contributed by atoms with Crippen molar-refractivity contribution in [3.05, 3.63) is 66.6 Å². The Morgan fingerprint density at radius 1 is 1.04 bits per heavy atom. The number of imidazole rings is 1. The molecule has 3 heterocycles. The second-order valence-electron chi connectivity index (χ2n) is 5.99. The van der Waals surface area contributed by atoms with Gasteiger partial charge in [-0.3, -0.25) is 4.98 Å². The highest BCUT2D eigenvalue weighted by atomic mass is 16.3. The highest BCUT2D eigenvalue weighted by Gasteiger charge is 2.17. The monoisotopic (exact) mass is 343 g/mol. The first-order valence-corrected chi connectivity index (χ1v) is 8.15. The second-order valence-corrected chi connectivity index (χ2v) is 5.99. The Bertz CT molecular complexity index is 1070. The highest BCUT2D eigenvalue weighted by molar-refractivity contribution is 5.82. The lowest BCUT2D eigenvalue weighted by atomic mass is 10.1. The molecule has 0 fully saturated rings. The van der Waals surface area contributed by atoms with E-state index >= 15 is 0 Å². The van der Waals surface area contributed by atoms with Gasteiger partial charge in [-0.2, -0.15) is 0 Å². The summed E-state index contributed by atoms with van der Waals surface area (Å²) in [5.74, 6) is 0.777. The molecule has 0 atom stereocenters. The number of nitrogen functional groups attached to an aromatic ring is 1. The van der Waals surface area contributed by atoms with Gasteiger partial charge >= 0.3 is 0 Å². The van der Waals surface area contributed by atoms with E-state index in [2.05, 4.69) is 15.0 Å². The van der Waals surface area contributed by atoms with E-state index in [1.54, 1.807) is 24.7 Å². The molecule has 0 aliphatic heterocycles. The van der Waals surface area contributed by atoms with E-state index in [1.807, 2.05) is 43.3 Å². The van der Waals surface area contributed by atoms with Crippen LogP contribution in [0.4, 0.5) is 5.82 Å². The number of aryl methyl sites for hydroxylation is 1. The maximum Gasteiger partial charge on any atom is 0.165 e. The first-order chi connectivity index (χ1) is 12.6. The third kappa shape index (κ3) is 2.77. The third-order valence-corrected chi connectivity index (χ3v) is 4.24. The smallest absolute Gasteiger partial charge is 0.165 e. The van der Waals surface area contributed by atoms with Crippen LogP contribution in [0.2, 0.25) is 0 Å². The van der Waals surface area contributed by atoms with E-state index in [0.717, 1.165) is 28.2 Å². The molecule has 6 nitrogen and oxygen atoms in total. The zero-order valence-corrected chi connectivity index (χ0v) is 14.1. The minimum Gasteiger partial charge on any atom is -0.504 e. The van der Waals surface area contributed by atoms with Gasteiger partial charge in [0.15, 0.2) is 11.6 Å². The number of aromatic hydroxyl groups is 1. The SMILES string of the molecule is Cc1ccccc1-c1nc(-c2cnc(N)c(O)c2)c(-c2ccncc2)[nH]1. The summed E-state index contributed by atoms with van der Waals surface area (Å²) >= 11 is 0. The number of hydrogen-bond acceptors (Lipinski definition) is 5. The number of hydrogen-bond donors (Lipinski definition) is 3. The van der Waals surface area contributed by atoms with Gasteiger partial charge in [-0.15, -0.1) is 0 Å². The van der Waals surface area contributed by atoms with Gasteiger partial charge in [-0.1, -0.05) is 24.3 Å². The summed E-state index contributed by atoms with van der Waals surface area (Å²) in [6, 6.07) is 13.4. The average Bonchev–Trinajstić information content (AvgIpc) is 3.10. The number of aromatic amines is 1. The number of nitrogens with zero attached hydrogens (tertiary/aromatic N) is 3. The van der Waals surface area contributed by atoms with Crippen molar-refractivity contribution in [2.24, 2.45) is 0 Å². The first-order valence-electron chi connectivity index (χ1n) is 8.15. The van der Waals surface area contributed by atoms with Gasteiger partial charge in [0, 0.05) is 35.3 Å². The van der Waals surface area contributed by atoms with Crippen LogP contribution in [-0.4, -0.2) is 25.0 Å². The van der Waals surface area contributed by atoms with Gasteiger partial charge in [0.2, 0.25) is 0 Å². The largest absolute Gasteiger partial charge is 0.504 e. The summed E-state index contributed by atoms with van der Waals surface area (Å²) < 4.78 is 0. The topological polar surface area (TPSA) is 101 Å². The summed E-state index contributed by atoms with van der Waals surface area (Å²) in [4.78, 5) is 16.3. The van der Waals surface area contributed by atoms with Crippen LogP contribution in [0.1, 0.15) is 5.56 Å². The minimum absolute atomic E-state index is 0.0661. The lowest BCUT2D eigenvalue weighted by Crippen LogP contribution is -1.92. The lowest BCUT2D eigenvalue weighted by Gasteiger charge is -2.04. The van der Waals surface area contributed by atoms with E-state index < -0.39 is 0 Å². The summed E-state index contributed by atoms with van der Waals surface area (Å²) in [7, 11) is 0. The Kier molecular flexibility index (Phi) is 3.85. The van der Waals surface area contributed by atoms with Gasteiger partial charge in [0.1, 0.15) is 5.82 Å². The van der Waals surface area contributed by atoms with Crippen LogP contribution in [0, 0.1) is 6.92 Å². The van der Waals surface area contributed by atoms with Crippen molar-refractivity contribution in [1.82, 2.24) is 19.9 Å². The number of aromatic nitrogens is 4. The molecule has 0 amide bonds. The number of H-pyrrole nitrogens is 1. The Morgan fingerprint density at radius 2 is 1.81 bits per heavy atom. The molecule has 4 N–H and O–H groups in total. The molecule has 1 aromatic carbocycles. The van der Waals surface area contributed by atoms with Crippen LogP contribution in [0.15, 0.2) is 61.1 Å². The van der Waals surface area contributed by atoms with Crippen LogP contribution >= 0.6 is 0 Å². The number of pyridine rings is 2. The number of rotatable bonds is 3. The van der Waals surface area contributed by atoms with Crippen molar-refractivity contribution < 1.29 is 5.11 Å². The summed E-state index contributed by atoms with van der Waals surface area (Å²) in [5.41, 5.74) is 10.9. The molecule has 128 valence electrons. The molecule has 0 spiro atoms. The highest BCUT2D eigenvalue weighted by Crippen LogP contribution is 2.35. The fourth-order valence-corrected chi connectivity index (χ4v) is 2.87. The van der Waals surface area contributed by atoms with Crippen LogP contribution in [-0.2, 0) is 0 Å². The molecule has 26 heavy (non-hydrogen) atoms. The van der Waals surface area contributed by atoms with Crippen LogP contribution in [0.3, 0.4) is 0 Å². The summed E-state index contributed by atoms with van der Waals surface area (Å²) in [6.45, 7) is 2.04. The molecule has 0 bridgehead atoms. The van der Waals surface area contributed by atoms with Crippen molar-refractivity contribution in [3.8, 4) is 39.7 Å². The quantitative estimate of drug-likeness (QED) is 0.525. The molecule has 0 saturated heterocycles. The maximum atomic E-state index is 9.96. The fourth-order valence-electron chi connectivity index (χ4n) is 2.87. The van der Waals surface area contributed by atoms with Gasteiger partial charge in [-0.25, -0.2) is 9.97 Å². The zero-order chi connectivity index (χ0) is 18.1. The third-order valence-electron chi connectivity index (χ3n) is 4.24. The van der Waals surface area contributed by atoms with E-state index in [-0.39, 0.29) is 11.6 Å². The molecule has 4 rings (SSSR count). The van der Waals surface area contributed by atoms with Gasteiger partial charge in [-0.05, 0) is 30.7 Å². The van der Waals surface area contributed by atoms with Crippen LogP contribution in [0.25, 0.3) is 33.9 Å². The Labute approximate surface area is 150 Å². The maximum absolute atomic E-state index is 9.96. The van der Waals surface area contributed by atoms with E-state index in [4.69, 9.17) is 10.7 Å². The molecule has 0 aliphatic rings. The summed E-state index contributed by atoms with van der Waals surface area (Å²) in [6.07, 6.45) is 5.07. The van der Waals surface area contributed by atoms with Crippen molar-refractivity contribution in [1.29, 1.82) is 0 Å². The van der Waals surface area contributed by atoms with E-state index in [1.165, 1.54) is 0 Å². The van der Waals surface area contributed by atoms with E-state index in [9.17, 15) is 5.11 Å². The predicted molar refractivity (Wildman–Crippen MR) is 101 cm³/mol. The fraction of sp³-hybridized carbons (Fsp3) is 0.0500. The van der Waals surface area contributed by atoms with E-state index in [0.29, 0.717) is 11.3 Å². The number of anilines is 1. The molecule has 6 heteroatoms. The molecule has 0 aliphatic carbocycles. The van der Waals surface area contributed by atoms with Crippen molar-refractivity contribution >= 4 is 5.82 Å². The van der Waals surface area contributed by atoms with Crippen LogP contribution in [0.5, 0.6) is 5.75 Å². The summed E-state index contributed by atoms with van der Waals surface area (Å²) in [5, 5.41) is 9.96. The standard InChI is InChI=1S/C20H17N5O/c1-12-4-2-3-5-15(12)20-24-17(13-6-8-22-9-7-13)18(25-20)14-10-16(26)19(21)23-11-14/h2-11,26H,1H3,(H2,21,23)(H,24,25). The molecule has 0 unspecified atom stereocenters. The van der Waals surface area contributed by atoms with Crippen molar-refractivity contribution in [2.75, 3.05) is 5.73 Å². The minimum atomic E-state index is -0.0661. The zero-order valence-electron chi connectivity index (χ0n) is 14.1. The first kappa shape index (κ1) is 15.8. The normalized spacial score (nSPS) is 10.8.